The molecule has 1 amide bonds. The smallest absolute Gasteiger partial charge is 0.424 e. The van der Waals surface area contributed by atoms with Crippen molar-refractivity contribution < 1.29 is 9.53 Å². The minimum Gasteiger partial charge on any atom is -0.444 e. The SMILES string of the molecule is O=C(OCc1ccccc1)N1CCC2(CCCC2)N1. The van der Waals surface area contributed by atoms with Crippen LogP contribution in [-0.2, 0) is 11.3 Å². The first-order valence-electron chi connectivity index (χ1n) is 7.04. The summed E-state index contributed by atoms with van der Waals surface area (Å²) in [6.45, 7) is 1.10. The third kappa shape index (κ3) is 2.73. The number of benzene rings is 1. The van der Waals surface area contributed by atoms with Crippen LogP contribution in [0.15, 0.2) is 30.3 Å². The molecule has 0 bridgehead atoms. The van der Waals surface area contributed by atoms with Crippen LogP contribution < -0.4 is 5.43 Å². The Morgan fingerprint density at radius 3 is 2.68 bits per heavy atom. The first kappa shape index (κ1) is 12.5. The molecular weight excluding hydrogens is 240 g/mol. The van der Waals surface area contributed by atoms with Gasteiger partial charge in [-0.1, -0.05) is 43.2 Å². The number of carbonyl (C=O) groups excluding carboxylic acids is 1. The zero-order valence-electron chi connectivity index (χ0n) is 11.1. The number of ether oxygens (including phenoxy) is 1. The molecule has 0 atom stereocenters. The Kier molecular flexibility index (Phi) is 3.42. The second kappa shape index (κ2) is 5.21. The Morgan fingerprint density at radius 2 is 1.95 bits per heavy atom. The van der Waals surface area contributed by atoms with Gasteiger partial charge in [0.2, 0.25) is 0 Å². The fourth-order valence-corrected chi connectivity index (χ4v) is 3.07. The van der Waals surface area contributed by atoms with Crippen LogP contribution in [0.4, 0.5) is 4.79 Å². The van der Waals surface area contributed by atoms with Gasteiger partial charge in [-0.3, -0.25) is 0 Å². The number of amides is 1. The maximum absolute atomic E-state index is 12.0. The van der Waals surface area contributed by atoms with Gasteiger partial charge in [-0.25, -0.2) is 15.2 Å². The van der Waals surface area contributed by atoms with Gasteiger partial charge in [-0.05, 0) is 24.8 Å². The van der Waals surface area contributed by atoms with Crippen LogP contribution >= 0.6 is 0 Å². The Labute approximate surface area is 113 Å². The standard InChI is InChI=1S/C15H20N2O2/c18-14(19-12-13-6-2-1-3-7-13)17-11-10-15(16-17)8-4-5-9-15/h1-3,6-7,16H,4-5,8-12H2. The fraction of sp³-hybridized carbons (Fsp3) is 0.533. The molecule has 1 N–H and O–H groups in total. The van der Waals surface area contributed by atoms with Crippen LogP contribution in [0.2, 0.25) is 0 Å². The molecular formula is C15H20N2O2. The van der Waals surface area contributed by atoms with Crippen molar-refractivity contribution in [1.29, 1.82) is 0 Å². The van der Waals surface area contributed by atoms with Crippen LogP contribution in [0.1, 0.15) is 37.7 Å². The quantitative estimate of drug-likeness (QED) is 0.889. The topological polar surface area (TPSA) is 41.6 Å². The lowest BCUT2D eigenvalue weighted by Gasteiger charge is -2.25. The summed E-state index contributed by atoms with van der Waals surface area (Å²) in [7, 11) is 0. The summed E-state index contributed by atoms with van der Waals surface area (Å²) in [5.41, 5.74) is 4.55. The van der Waals surface area contributed by atoms with Crippen molar-refractivity contribution in [2.45, 2.75) is 44.2 Å². The molecule has 0 radical (unpaired) electrons. The van der Waals surface area contributed by atoms with E-state index in [-0.39, 0.29) is 11.6 Å². The van der Waals surface area contributed by atoms with Gasteiger partial charge in [0.05, 0.1) is 0 Å². The lowest BCUT2D eigenvalue weighted by molar-refractivity contribution is 0.0817. The van der Waals surface area contributed by atoms with Gasteiger partial charge >= 0.3 is 6.09 Å². The molecule has 1 heterocycles. The van der Waals surface area contributed by atoms with Crippen LogP contribution in [-0.4, -0.2) is 23.2 Å². The number of rotatable bonds is 2. The van der Waals surface area contributed by atoms with Crippen LogP contribution in [0.3, 0.4) is 0 Å². The van der Waals surface area contributed by atoms with Crippen molar-refractivity contribution in [2.24, 2.45) is 0 Å². The molecule has 1 aromatic carbocycles. The third-order valence-electron chi connectivity index (χ3n) is 4.17. The Bertz CT molecular complexity index is 441. The molecule has 1 aliphatic carbocycles. The predicted octanol–water partition coefficient (Wildman–Crippen LogP) is 2.85. The zero-order chi connectivity index (χ0) is 13.1. The van der Waals surface area contributed by atoms with Crippen molar-refractivity contribution in [1.82, 2.24) is 10.4 Å². The molecule has 19 heavy (non-hydrogen) atoms. The maximum Gasteiger partial charge on any atom is 0.424 e. The van der Waals surface area contributed by atoms with Crippen molar-refractivity contribution in [2.75, 3.05) is 6.54 Å². The first-order valence-corrected chi connectivity index (χ1v) is 7.04. The van der Waals surface area contributed by atoms with E-state index in [4.69, 9.17) is 4.74 Å². The first-order chi connectivity index (χ1) is 9.27. The summed E-state index contributed by atoms with van der Waals surface area (Å²) in [5, 5.41) is 1.65. The Morgan fingerprint density at radius 1 is 1.21 bits per heavy atom. The summed E-state index contributed by atoms with van der Waals surface area (Å²) in [5.74, 6) is 0. The van der Waals surface area contributed by atoms with E-state index < -0.39 is 0 Å². The largest absolute Gasteiger partial charge is 0.444 e. The van der Waals surface area contributed by atoms with E-state index in [0.717, 1.165) is 18.5 Å². The third-order valence-corrected chi connectivity index (χ3v) is 4.17. The number of nitrogens with zero attached hydrogens (tertiary/aromatic N) is 1. The predicted molar refractivity (Wildman–Crippen MR) is 72.3 cm³/mol. The van der Waals surface area contributed by atoms with E-state index in [9.17, 15) is 4.79 Å². The molecule has 1 spiro atoms. The van der Waals surface area contributed by atoms with Gasteiger partial charge < -0.3 is 4.74 Å². The Balaban J connectivity index is 1.51. The van der Waals surface area contributed by atoms with Crippen LogP contribution in [0, 0.1) is 0 Å². The molecule has 1 saturated heterocycles. The molecule has 2 fully saturated rings. The molecule has 4 heteroatoms. The fourth-order valence-electron chi connectivity index (χ4n) is 3.07. The van der Waals surface area contributed by atoms with E-state index in [1.165, 1.54) is 25.7 Å². The summed E-state index contributed by atoms with van der Waals surface area (Å²) in [6, 6.07) is 9.78. The van der Waals surface area contributed by atoms with Gasteiger partial charge in [0.15, 0.2) is 0 Å². The molecule has 1 saturated carbocycles. The average Bonchev–Trinajstić information content (AvgIpc) is 3.08. The van der Waals surface area contributed by atoms with Gasteiger partial charge in [0.1, 0.15) is 6.61 Å². The summed E-state index contributed by atoms with van der Waals surface area (Å²) < 4.78 is 5.34. The number of hydrazine groups is 1. The van der Waals surface area contributed by atoms with Crippen molar-refractivity contribution in [3.05, 3.63) is 35.9 Å². The summed E-state index contributed by atoms with van der Waals surface area (Å²) in [4.78, 5) is 12.0. The highest BCUT2D eigenvalue weighted by atomic mass is 16.6. The minimum absolute atomic E-state index is 0.172. The average molecular weight is 260 g/mol. The molecule has 1 aliphatic heterocycles. The number of hydrogen-bond donors (Lipinski definition) is 1. The highest BCUT2D eigenvalue weighted by molar-refractivity contribution is 5.67. The normalized spacial score (nSPS) is 20.9. The van der Waals surface area contributed by atoms with Crippen molar-refractivity contribution in [3.63, 3.8) is 0 Å². The van der Waals surface area contributed by atoms with Gasteiger partial charge in [0.25, 0.3) is 0 Å². The van der Waals surface area contributed by atoms with E-state index >= 15 is 0 Å². The highest BCUT2D eigenvalue weighted by Gasteiger charge is 2.41. The van der Waals surface area contributed by atoms with Crippen LogP contribution in [0.25, 0.3) is 0 Å². The lowest BCUT2D eigenvalue weighted by atomic mass is 9.96. The highest BCUT2D eigenvalue weighted by Crippen LogP contribution is 2.36. The van der Waals surface area contributed by atoms with E-state index in [1.807, 2.05) is 30.3 Å². The number of nitrogens with one attached hydrogen (secondary N) is 1. The monoisotopic (exact) mass is 260 g/mol. The molecule has 4 nitrogen and oxygen atoms in total. The van der Waals surface area contributed by atoms with Gasteiger partial charge in [-0.2, -0.15) is 0 Å². The maximum atomic E-state index is 12.0. The summed E-state index contributed by atoms with van der Waals surface area (Å²) >= 11 is 0. The lowest BCUT2D eigenvalue weighted by Crippen LogP contribution is -2.46. The molecule has 1 aromatic rings. The molecule has 102 valence electrons. The van der Waals surface area contributed by atoms with E-state index in [0.29, 0.717) is 6.61 Å². The van der Waals surface area contributed by atoms with Gasteiger partial charge in [0, 0.05) is 12.1 Å². The van der Waals surface area contributed by atoms with Crippen LogP contribution in [0.5, 0.6) is 0 Å². The molecule has 0 aromatic heterocycles. The van der Waals surface area contributed by atoms with E-state index in [2.05, 4.69) is 5.43 Å². The molecule has 2 aliphatic rings. The van der Waals surface area contributed by atoms with Crippen molar-refractivity contribution >= 4 is 6.09 Å². The Hall–Kier alpha value is -1.55. The zero-order valence-corrected chi connectivity index (χ0v) is 11.1. The number of carbonyl (C=O) groups is 1. The number of hydrogen-bond acceptors (Lipinski definition) is 3. The van der Waals surface area contributed by atoms with Gasteiger partial charge in [-0.15, -0.1) is 0 Å². The molecule has 3 rings (SSSR count). The van der Waals surface area contributed by atoms with E-state index in [1.54, 1.807) is 5.01 Å². The van der Waals surface area contributed by atoms with Crippen molar-refractivity contribution in [3.8, 4) is 0 Å². The minimum atomic E-state index is -0.257. The second-order valence-electron chi connectivity index (χ2n) is 5.54. The molecule has 0 unspecified atom stereocenters. The summed E-state index contributed by atoms with van der Waals surface area (Å²) in [6.07, 6.45) is 5.67. The second-order valence-corrected chi connectivity index (χ2v) is 5.54.